The Bertz CT molecular complexity index is 3000. The van der Waals surface area contributed by atoms with Crippen LogP contribution in [0.4, 0.5) is 20.6 Å². The number of imide groups is 1. The molecule has 0 saturated carbocycles. The van der Waals surface area contributed by atoms with Gasteiger partial charge in [-0.2, -0.15) is 5.10 Å². The van der Waals surface area contributed by atoms with Crippen molar-refractivity contribution in [3.63, 3.8) is 0 Å². The van der Waals surface area contributed by atoms with E-state index < -0.39 is 34.1 Å². The summed E-state index contributed by atoms with van der Waals surface area (Å²) in [7, 11) is 4.02. The fourth-order valence-corrected chi connectivity index (χ4v) is 8.66. The molecule has 6 aromatic rings. The van der Waals surface area contributed by atoms with Gasteiger partial charge in [-0.3, -0.25) is 25.0 Å². The lowest BCUT2D eigenvalue weighted by molar-refractivity contribution is -0.384. The molecule has 17 nitrogen and oxygen atoms in total. The third-order valence-electron chi connectivity index (χ3n) is 12.3. The number of piperazine rings is 1. The van der Waals surface area contributed by atoms with Gasteiger partial charge in [0.05, 0.1) is 28.1 Å². The molecule has 4 aromatic carbocycles. The Kier molecular flexibility index (Phi) is 14.4. The second-order valence-electron chi connectivity index (χ2n) is 17.0. The number of furan rings is 1. The number of likely N-dealkylation sites (N-methyl/N-ethyl adjacent to an activating group) is 1. The number of ether oxygens (including phenoxy) is 1. The molecule has 0 bridgehead atoms. The van der Waals surface area contributed by atoms with E-state index in [9.17, 15) is 38.8 Å². The number of nitro groups is 1. The quantitative estimate of drug-likeness (QED) is 0.0436. The molecule has 356 valence electrons. The molecular weight excluding hydrogens is 888 g/mol. The number of hydrogen-bond acceptors (Lipinski definition) is 12. The Morgan fingerprint density at radius 1 is 0.971 bits per heavy atom. The minimum Gasteiger partial charge on any atom is -0.487 e. The maximum Gasteiger partial charge on any atom is 0.344 e. The predicted octanol–water partition coefficient (Wildman–Crippen LogP) is 7.11. The number of hydrazone groups is 1. The van der Waals surface area contributed by atoms with Crippen molar-refractivity contribution in [2.45, 2.75) is 32.2 Å². The Morgan fingerprint density at radius 2 is 1.64 bits per heavy atom. The van der Waals surface area contributed by atoms with E-state index in [1.807, 2.05) is 25.9 Å². The number of carbonyl (C=O) groups excluding carboxylic acids is 2. The number of benzene rings is 4. The number of pyridine rings is 1. The Morgan fingerprint density at radius 3 is 2.25 bits per heavy atom. The van der Waals surface area contributed by atoms with Crippen LogP contribution in [0.3, 0.4) is 0 Å². The van der Waals surface area contributed by atoms with E-state index in [0.29, 0.717) is 47.1 Å². The zero-order valence-electron chi connectivity index (χ0n) is 38.3. The fourth-order valence-electron chi connectivity index (χ4n) is 8.66. The number of amides is 3. The van der Waals surface area contributed by atoms with Crippen LogP contribution in [0.1, 0.15) is 57.8 Å². The van der Waals surface area contributed by atoms with Crippen molar-refractivity contribution in [1.82, 2.24) is 25.1 Å². The Hall–Kier alpha value is -7.96. The largest absolute Gasteiger partial charge is 0.487 e. The van der Waals surface area contributed by atoms with Crippen LogP contribution in [-0.4, -0.2) is 109 Å². The number of aromatic carboxylic acids is 1. The van der Waals surface area contributed by atoms with Gasteiger partial charge in [0.2, 0.25) is 11.3 Å². The van der Waals surface area contributed by atoms with E-state index in [2.05, 4.69) is 75.2 Å². The normalized spacial score (nSPS) is 16.3. The summed E-state index contributed by atoms with van der Waals surface area (Å²) in [5, 5.41) is 30.1. The summed E-state index contributed by atoms with van der Waals surface area (Å²) in [4.78, 5) is 60.6. The smallest absolute Gasteiger partial charge is 0.344 e. The number of urea groups is 1. The molecule has 2 aromatic heterocycles. The van der Waals surface area contributed by atoms with E-state index in [-0.39, 0.29) is 35.8 Å². The van der Waals surface area contributed by atoms with Gasteiger partial charge in [-0.15, -0.1) is 0 Å². The molecule has 1 aliphatic carbocycles. The molecule has 18 heteroatoms. The number of carbonyl (C=O) groups is 3. The molecule has 2 fully saturated rings. The number of aromatic nitrogens is 1. The highest BCUT2D eigenvalue weighted by molar-refractivity contribution is 6.02. The van der Waals surface area contributed by atoms with Crippen LogP contribution >= 0.6 is 0 Å². The fraction of sp³-hybridized carbons (Fsp3) is 0.275. The van der Waals surface area contributed by atoms with Gasteiger partial charge in [-0.25, -0.2) is 19.0 Å². The van der Waals surface area contributed by atoms with Crippen LogP contribution in [0.5, 0.6) is 5.75 Å². The zero-order valence-corrected chi connectivity index (χ0v) is 38.3. The van der Waals surface area contributed by atoms with Crippen LogP contribution in [-0.2, 0) is 17.6 Å². The number of non-ortho nitro benzene ring substituents is 1. The first kappa shape index (κ1) is 47.5. The summed E-state index contributed by atoms with van der Waals surface area (Å²) in [6.45, 7) is 5.96. The highest BCUT2D eigenvalue weighted by Gasteiger charge is 2.31. The molecule has 3 amide bonds. The van der Waals surface area contributed by atoms with Crippen molar-refractivity contribution in [1.29, 1.82) is 0 Å². The lowest BCUT2D eigenvalue weighted by Gasteiger charge is -2.37. The highest BCUT2D eigenvalue weighted by Crippen LogP contribution is 2.42. The lowest BCUT2D eigenvalue weighted by Crippen LogP contribution is -2.45. The van der Waals surface area contributed by atoms with Crippen LogP contribution in [0.2, 0.25) is 0 Å². The van der Waals surface area contributed by atoms with Crippen molar-refractivity contribution >= 4 is 52.0 Å². The summed E-state index contributed by atoms with van der Waals surface area (Å²) in [5.74, 6) is -1.08. The van der Waals surface area contributed by atoms with E-state index in [4.69, 9.17) is 9.15 Å². The van der Waals surface area contributed by atoms with Gasteiger partial charge in [-0.05, 0) is 105 Å². The standard InChI is InChI=1S/C19H21N.C18H20FN3O4.C14H10N4O5/c1-20-14-6-11-19-17-9-4-2-7-15(17)12-13-16-8-3-5-10-18(16)19;1-10-9-26-17-14-11(16(23)12(18(24)25)8-22(10)14)7-13(19)15(17)21-5-3-20(2)4-6-21;19-13-8-17(14(20)16-13)15-7-11-5-6-12(23-11)9-1-3-10(4-2-9)18(21)22/h2-5,7-11,20H,6,12-14H2,1H3;7-8,10H,3-6,9H2,1-2H3,(H,24,25);1-7H,8H2,(H,16,19,20). The molecule has 5 heterocycles. The number of carboxylic acid groups (broad SMARTS) is 1. The summed E-state index contributed by atoms with van der Waals surface area (Å²) >= 11 is 0. The second kappa shape index (κ2) is 20.9. The molecule has 1 atom stereocenters. The van der Waals surface area contributed by atoms with Crippen LogP contribution in [0.25, 0.3) is 27.8 Å². The van der Waals surface area contributed by atoms with E-state index in [1.165, 1.54) is 52.4 Å². The number of rotatable bonds is 9. The maximum atomic E-state index is 15.0. The average Bonchev–Trinajstić information content (AvgIpc) is 3.92. The number of nitrogens with zero attached hydrogens (tertiary/aromatic N) is 6. The van der Waals surface area contributed by atoms with Crippen molar-refractivity contribution in [2.75, 3.05) is 64.9 Å². The number of nitro benzene ring substituents is 1. The van der Waals surface area contributed by atoms with Gasteiger partial charge < -0.3 is 33.9 Å². The van der Waals surface area contributed by atoms with Crippen LogP contribution in [0.15, 0.2) is 118 Å². The molecule has 69 heavy (non-hydrogen) atoms. The van der Waals surface area contributed by atoms with Crippen molar-refractivity contribution in [2.24, 2.45) is 5.10 Å². The summed E-state index contributed by atoms with van der Waals surface area (Å²) < 4.78 is 28.1. The number of hydrogen-bond donors (Lipinski definition) is 3. The summed E-state index contributed by atoms with van der Waals surface area (Å²) in [6, 6.07) is 27.3. The topological polar surface area (TPSA) is 205 Å². The maximum absolute atomic E-state index is 15.0. The van der Waals surface area contributed by atoms with Gasteiger partial charge in [-0.1, -0.05) is 54.6 Å². The number of halogens is 1. The summed E-state index contributed by atoms with van der Waals surface area (Å²) in [6.07, 6.45) is 8.38. The first-order valence-electron chi connectivity index (χ1n) is 22.5. The third kappa shape index (κ3) is 10.5. The molecule has 10 rings (SSSR count). The van der Waals surface area contributed by atoms with Gasteiger partial charge in [0, 0.05) is 50.1 Å². The number of aryl methyl sites for hydroxylation is 2. The molecule has 0 radical (unpaired) electrons. The number of nitrogens with one attached hydrogen (secondary N) is 2. The highest BCUT2D eigenvalue weighted by atomic mass is 19.1. The van der Waals surface area contributed by atoms with Crippen molar-refractivity contribution < 1.29 is 38.0 Å². The first-order valence-corrected chi connectivity index (χ1v) is 22.5. The van der Waals surface area contributed by atoms with Gasteiger partial charge in [0.25, 0.3) is 5.69 Å². The second-order valence-corrected chi connectivity index (χ2v) is 17.0. The van der Waals surface area contributed by atoms with E-state index in [0.717, 1.165) is 50.0 Å². The van der Waals surface area contributed by atoms with Gasteiger partial charge in [0.15, 0.2) is 11.6 Å². The van der Waals surface area contributed by atoms with Crippen LogP contribution in [0, 0.1) is 15.9 Å². The van der Waals surface area contributed by atoms with Gasteiger partial charge >= 0.3 is 12.0 Å². The van der Waals surface area contributed by atoms with Crippen LogP contribution < -0.4 is 25.7 Å². The van der Waals surface area contributed by atoms with E-state index >= 15 is 0 Å². The number of carboxylic acids is 1. The average molecular weight is 939 g/mol. The minimum absolute atomic E-state index is 0.00759. The SMILES string of the molecule is CC1COc2c(N3CCN(C)CC3)c(F)cc3c(=O)c(C(=O)O)cn1c23.CNCCC=C1c2ccccc2CCc2ccccc21.O=C1CN(N=Cc2ccc(-c3ccc([N+](=O)[O-])cc3)o2)C(=O)N1. The number of anilines is 1. The molecule has 3 aliphatic heterocycles. The molecule has 2 saturated heterocycles. The van der Waals surface area contributed by atoms with Crippen molar-refractivity contribution in [3.8, 4) is 17.1 Å². The molecule has 4 aliphatic rings. The Balaban J connectivity index is 0.000000141. The van der Waals surface area contributed by atoms with Crippen molar-refractivity contribution in [3.05, 3.63) is 163 Å². The third-order valence-corrected chi connectivity index (χ3v) is 12.3. The van der Waals surface area contributed by atoms with Gasteiger partial charge in [0.1, 0.15) is 35.9 Å². The molecular formula is C51H51FN8O9. The Labute approximate surface area is 396 Å². The summed E-state index contributed by atoms with van der Waals surface area (Å²) in [5.41, 5.74) is 7.61. The van der Waals surface area contributed by atoms with E-state index in [1.54, 1.807) is 28.8 Å². The molecule has 1 unspecified atom stereocenters. The minimum atomic E-state index is -1.32. The molecule has 0 spiro atoms. The first-order chi connectivity index (χ1) is 33.3. The number of fused-ring (bicyclic) bond motifs is 2. The molecule has 3 N–H and O–H groups in total. The lowest BCUT2D eigenvalue weighted by atomic mass is 9.93. The predicted molar refractivity (Wildman–Crippen MR) is 260 cm³/mol. The monoisotopic (exact) mass is 938 g/mol. The zero-order chi connectivity index (χ0) is 48.8.